The summed E-state index contributed by atoms with van der Waals surface area (Å²) in [5.41, 5.74) is -1.30. The molecule has 0 aliphatic rings. The Hall–Kier alpha value is -3.50. The number of non-ortho nitro benzene ring substituents is 1. The van der Waals surface area contributed by atoms with Crippen molar-refractivity contribution in [2.45, 2.75) is 32.9 Å². The zero-order valence-corrected chi connectivity index (χ0v) is 17.8. The summed E-state index contributed by atoms with van der Waals surface area (Å²) in [6.45, 7) is 4.63. The van der Waals surface area contributed by atoms with Crippen LogP contribution in [0.2, 0.25) is 0 Å². The SMILES string of the molecule is CC(C)OC(=O)C(C)N(Oc1ccccc1)[PH](=O)Oc1ccc([N+](=O)[O-])cc1[N+](=O)[O-]. The van der Waals surface area contributed by atoms with E-state index in [1.54, 1.807) is 32.0 Å². The van der Waals surface area contributed by atoms with Crippen molar-refractivity contribution in [2.24, 2.45) is 0 Å². The molecule has 0 fully saturated rings. The lowest BCUT2D eigenvalue weighted by Gasteiger charge is -2.26. The molecule has 12 nitrogen and oxygen atoms in total. The van der Waals surface area contributed by atoms with Gasteiger partial charge in [0.1, 0.15) is 5.75 Å². The Morgan fingerprint density at radius 3 is 2.23 bits per heavy atom. The standard InChI is InChI=1S/C18H20N3O9P/c1-12(2)28-18(22)13(3)21(29-15-7-5-4-6-8-15)31(27)30-17-10-9-14(19(23)24)11-16(17)20(25)26/h4-13,31H,1-3H3. The van der Waals surface area contributed by atoms with Crippen molar-refractivity contribution >= 4 is 25.5 Å². The maximum Gasteiger partial charge on any atom is 0.341 e. The van der Waals surface area contributed by atoms with Crippen LogP contribution in [0.1, 0.15) is 20.8 Å². The molecule has 0 saturated heterocycles. The summed E-state index contributed by atoms with van der Waals surface area (Å²) >= 11 is 0. The second kappa shape index (κ2) is 10.5. The van der Waals surface area contributed by atoms with Crippen molar-refractivity contribution < 1.29 is 33.3 Å². The van der Waals surface area contributed by atoms with Crippen molar-refractivity contribution in [3.05, 3.63) is 68.8 Å². The highest BCUT2D eigenvalue weighted by Crippen LogP contribution is 2.40. The van der Waals surface area contributed by atoms with Gasteiger partial charge in [0, 0.05) is 6.07 Å². The molecule has 0 aromatic heterocycles. The number of hydrogen-bond donors (Lipinski definition) is 0. The van der Waals surface area contributed by atoms with Crippen LogP contribution < -0.4 is 9.36 Å². The Morgan fingerprint density at radius 2 is 1.68 bits per heavy atom. The molecule has 2 atom stereocenters. The number of benzene rings is 2. The molecule has 13 heteroatoms. The number of rotatable bonds is 10. The fourth-order valence-corrected chi connectivity index (χ4v) is 3.34. The fraction of sp³-hybridized carbons (Fsp3) is 0.278. The Balaban J connectivity index is 2.35. The Morgan fingerprint density at radius 1 is 1.03 bits per heavy atom. The number of nitro benzene ring substituents is 2. The molecule has 0 saturated carbocycles. The molecule has 0 radical (unpaired) electrons. The minimum Gasteiger partial charge on any atom is -0.462 e. The van der Waals surface area contributed by atoms with Crippen LogP contribution in [0.4, 0.5) is 11.4 Å². The van der Waals surface area contributed by atoms with E-state index in [1.165, 1.54) is 19.1 Å². The van der Waals surface area contributed by atoms with E-state index < -0.39 is 53.3 Å². The first kappa shape index (κ1) is 23.8. The van der Waals surface area contributed by atoms with Crippen molar-refractivity contribution in [1.29, 1.82) is 0 Å². The predicted octanol–water partition coefficient (Wildman–Crippen LogP) is 3.91. The average Bonchev–Trinajstić information content (AvgIpc) is 2.71. The van der Waals surface area contributed by atoms with Gasteiger partial charge in [-0.15, -0.1) is 0 Å². The fourth-order valence-electron chi connectivity index (χ4n) is 2.28. The number of nitro groups is 2. The minimum absolute atomic E-state index is 0.229. The molecule has 31 heavy (non-hydrogen) atoms. The molecule has 0 aliphatic carbocycles. The topological polar surface area (TPSA) is 151 Å². The number of esters is 1. The normalized spacial score (nSPS) is 12.8. The summed E-state index contributed by atoms with van der Waals surface area (Å²) in [6, 6.07) is 9.48. The quantitative estimate of drug-likeness (QED) is 0.224. The molecule has 0 bridgehead atoms. The van der Waals surface area contributed by atoms with Gasteiger partial charge in [0.25, 0.3) is 5.69 Å². The number of ether oxygens (including phenoxy) is 1. The van der Waals surface area contributed by atoms with E-state index in [1.807, 2.05) is 0 Å². The van der Waals surface area contributed by atoms with E-state index in [9.17, 15) is 29.6 Å². The first-order valence-corrected chi connectivity index (χ1v) is 10.2. The van der Waals surface area contributed by atoms with Crippen LogP contribution in [-0.4, -0.2) is 32.8 Å². The van der Waals surface area contributed by atoms with E-state index in [4.69, 9.17) is 14.1 Å². The number of carbonyl (C=O) groups excluding carboxylic acids is 1. The summed E-state index contributed by atoms with van der Waals surface area (Å²) < 4.78 is 23.3. The van der Waals surface area contributed by atoms with Gasteiger partial charge in [-0.1, -0.05) is 18.2 Å². The molecule has 0 heterocycles. The first-order valence-electron chi connectivity index (χ1n) is 8.97. The first-order chi connectivity index (χ1) is 14.6. The number of para-hydroxylation sites is 1. The third-order valence-electron chi connectivity index (χ3n) is 3.72. The third-order valence-corrected chi connectivity index (χ3v) is 4.95. The number of carbonyl (C=O) groups is 1. The molecule has 0 amide bonds. The summed E-state index contributed by atoms with van der Waals surface area (Å²) in [5, 5.41) is 22.2. The smallest absolute Gasteiger partial charge is 0.341 e. The molecule has 0 N–H and O–H groups in total. The molecule has 2 aromatic rings. The van der Waals surface area contributed by atoms with E-state index in [-0.39, 0.29) is 5.75 Å². The Bertz CT molecular complexity index is 984. The molecule has 2 unspecified atom stereocenters. The lowest BCUT2D eigenvalue weighted by Crippen LogP contribution is -2.39. The second-order valence-corrected chi connectivity index (χ2v) is 7.60. The zero-order valence-electron chi connectivity index (χ0n) is 16.8. The number of hydrogen-bond acceptors (Lipinski definition) is 9. The summed E-state index contributed by atoms with van der Waals surface area (Å²) in [7, 11) is -3.46. The lowest BCUT2D eigenvalue weighted by molar-refractivity contribution is -0.394. The van der Waals surface area contributed by atoms with E-state index in [2.05, 4.69) is 0 Å². The second-order valence-electron chi connectivity index (χ2n) is 6.43. The van der Waals surface area contributed by atoms with Gasteiger partial charge in [-0.25, -0.2) is 0 Å². The van der Waals surface area contributed by atoms with E-state index >= 15 is 0 Å². The highest BCUT2D eigenvalue weighted by Gasteiger charge is 2.33. The average molecular weight is 453 g/mol. The maximum absolute atomic E-state index is 12.9. The largest absolute Gasteiger partial charge is 0.462 e. The Kier molecular flexibility index (Phi) is 8.06. The van der Waals surface area contributed by atoms with Gasteiger partial charge in [-0.05, 0) is 43.8 Å². The van der Waals surface area contributed by atoms with Gasteiger partial charge in [-0.3, -0.25) is 29.6 Å². The number of hydroxylamine groups is 1. The Labute approximate surface area is 177 Å². The summed E-state index contributed by atoms with van der Waals surface area (Å²) in [6.07, 6.45) is -0.451. The van der Waals surface area contributed by atoms with Gasteiger partial charge < -0.3 is 14.1 Å². The zero-order chi connectivity index (χ0) is 23.1. The molecule has 0 spiro atoms. The van der Waals surface area contributed by atoms with Crippen molar-refractivity contribution in [3.63, 3.8) is 0 Å². The van der Waals surface area contributed by atoms with Crippen molar-refractivity contribution in [2.75, 3.05) is 0 Å². The van der Waals surface area contributed by atoms with Crippen LogP contribution in [0.25, 0.3) is 0 Å². The molecular formula is C18H20N3O9P. The van der Waals surface area contributed by atoms with Crippen molar-refractivity contribution in [3.8, 4) is 11.5 Å². The molecule has 2 rings (SSSR count). The van der Waals surface area contributed by atoms with Crippen LogP contribution in [0.3, 0.4) is 0 Å². The summed E-state index contributed by atoms with van der Waals surface area (Å²) in [5.74, 6) is -1.01. The highest BCUT2D eigenvalue weighted by atomic mass is 31.1. The molecular weight excluding hydrogens is 433 g/mol. The van der Waals surface area contributed by atoms with Gasteiger partial charge in [-0.2, -0.15) is 0 Å². The summed E-state index contributed by atoms with van der Waals surface area (Å²) in [4.78, 5) is 39.1. The van der Waals surface area contributed by atoms with Gasteiger partial charge in [0.15, 0.2) is 6.04 Å². The van der Waals surface area contributed by atoms with Crippen LogP contribution in [0.15, 0.2) is 48.5 Å². The molecule has 0 aliphatic heterocycles. The van der Waals surface area contributed by atoms with Gasteiger partial charge >= 0.3 is 19.8 Å². The highest BCUT2D eigenvalue weighted by molar-refractivity contribution is 7.36. The minimum atomic E-state index is -3.46. The monoisotopic (exact) mass is 453 g/mol. The lowest BCUT2D eigenvalue weighted by atomic mass is 10.2. The van der Waals surface area contributed by atoms with E-state index in [0.29, 0.717) is 6.07 Å². The third kappa shape index (κ3) is 6.49. The van der Waals surface area contributed by atoms with Crippen LogP contribution in [0.5, 0.6) is 11.5 Å². The maximum atomic E-state index is 12.9. The van der Waals surface area contributed by atoms with Crippen LogP contribution in [-0.2, 0) is 14.1 Å². The van der Waals surface area contributed by atoms with Gasteiger partial charge in [0.05, 0.1) is 22.0 Å². The van der Waals surface area contributed by atoms with Crippen molar-refractivity contribution in [1.82, 2.24) is 4.83 Å². The van der Waals surface area contributed by atoms with Crippen LogP contribution >= 0.6 is 8.18 Å². The van der Waals surface area contributed by atoms with Crippen LogP contribution in [0, 0.1) is 20.2 Å². The predicted molar refractivity (Wildman–Crippen MR) is 109 cm³/mol. The molecule has 2 aromatic carbocycles. The molecule has 166 valence electrons. The van der Waals surface area contributed by atoms with Gasteiger partial charge in [0.2, 0.25) is 5.75 Å². The van der Waals surface area contributed by atoms with E-state index in [0.717, 1.165) is 17.0 Å². The number of nitrogens with zero attached hydrogens (tertiary/aromatic N) is 3.